The van der Waals surface area contributed by atoms with E-state index < -0.39 is 0 Å². The van der Waals surface area contributed by atoms with Gasteiger partial charge in [0.15, 0.2) is 5.17 Å². The second kappa shape index (κ2) is 5.64. The van der Waals surface area contributed by atoms with Crippen LogP contribution in [0.3, 0.4) is 0 Å². The van der Waals surface area contributed by atoms with E-state index in [1.807, 2.05) is 0 Å². The Morgan fingerprint density at radius 3 is 2.85 bits per heavy atom. The third-order valence-electron chi connectivity index (χ3n) is 4.01. The number of nitrogens with zero attached hydrogens (tertiary/aromatic N) is 1. The third kappa shape index (κ3) is 2.77. The number of halogens is 1. The molecule has 108 valence electrons. The van der Waals surface area contributed by atoms with Crippen LogP contribution in [-0.4, -0.2) is 23.6 Å². The van der Waals surface area contributed by atoms with Crippen LogP contribution in [0.2, 0.25) is 0 Å². The van der Waals surface area contributed by atoms with Crippen molar-refractivity contribution in [1.82, 2.24) is 0 Å². The number of thioether (sulfide) groups is 1. The van der Waals surface area contributed by atoms with Crippen molar-refractivity contribution in [3.63, 3.8) is 0 Å². The van der Waals surface area contributed by atoms with E-state index in [0.29, 0.717) is 5.75 Å². The molecule has 1 aromatic rings. The molecule has 1 heterocycles. The van der Waals surface area contributed by atoms with Crippen LogP contribution in [0.4, 0.5) is 10.1 Å². The number of hydrogen-bond acceptors (Lipinski definition) is 4. The van der Waals surface area contributed by atoms with Crippen molar-refractivity contribution in [3.8, 4) is 5.75 Å². The molecule has 0 bridgehead atoms. The third-order valence-corrected chi connectivity index (χ3v) is 5.15. The Balaban J connectivity index is 1.77. The summed E-state index contributed by atoms with van der Waals surface area (Å²) in [6, 6.07) is 4.52. The maximum Gasteiger partial charge on any atom is 0.161 e. The van der Waals surface area contributed by atoms with Crippen molar-refractivity contribution >= 4 is 22.6 Å². The summed E-state index contributed by atoms with van der Waals surface area (Å²) in [7, 11) is 1.55. The Kier molecular flexibility index (Phi) is 3.87. The van der Waals surface area contributed by atoms with E-state index in [9.17, 15) is 4.39 Å². The van der Waals surface area contributed by atoms with E-state index in [-0.39, 0.29) is 11.4 Å². The van der Waals surface area contributed by atoms with Crippen molar-refractivity contribution in [2.45, 2.75) is 37.6 Å². The van der Waals surface area contributed by atoms with Gasteiger partial charge in [-0.05, 0) is 25.0 Å². The van der Waals surface area contributed by atoms with Crippen molar-refractivity contribution in [3.05, 3.63) is 24.0 Å². The van der Waals surface area contributed by atoms with Gasteiger partial charge in [0, 0.05) is 11.8 Å². The van der Waals surface area contributed by atoms with Crippen LogP contribution in [-0.2, 0) is 0 Å². The zero-order valence-corrected chi connectivity index (χ0v) is 12.4. The van der Waals surface area contributed by atoms with E-state index in [2.05, 4.69) is 5.32 Å². The lowest BCUT2D eigenvalue weighted by molar-refractivity contribution is 0.335. The fraction of sp³-hybridized carbons (Fsp3) is 0.533. The molecule has 1 saturated carbocycles. The van der Waals surface area contributed by atoms with E-state index in [1.165, 1.54) is 44.2 Å². The molecule has 3 rings (SSSR count). The largest absolute Gasteiger partial charge is 0.494 e. The highest BCUT2D eigenvalue weighted by Crippen LogP contribution is 2.40. The number of benzene rings is 1. The summed E-state index contributed by atoms with van der Waals surface area (Å²) in [5.41, 5.74) is 0.909. The number of aliphatic imine (C=N–C) groups is 1. The minimum absolute atomic E-state index is 0.137. The molecular formula is C15H19FN2OS. The molecule has 1 N–H and O–H groups in total. The van der Waals surface area contributed by atoms with E-state index in [4.69, 9.17) is 9.73 Å². The molecular weight excluding hydrogens is 275 g/mol. The van der Waals surface area contributed by atoms with Crippen molar-refractivity contribution in [2.75, 3.05) is 18.2 Å². The first-order valence-corrected chi connectivity index (χ1v) is 8.03. The van der Waals surface area contributed by atoms with Crippen LogP contribution in [0, 0.1) is 5.82 Å². The van der Waals surface area contributed by atoms with Gasteiger partial charge < -0.3 is 10.1 Å². The Labute approximate surface area is 123 Å². The minimum atomic E-state index is -0.294. The highest BCUT2D eigenvalue weighted by molar-refractivity contribution is 8.14. The van der Waals surface area contributed by atoms with Gasteiger partial charge in [0.25, 0.3) is 0 Å². The van der Waals surface area contributed by atoms with Gasteiger partial charge >= 0.3 is 0 Å². The second-order valence-electron chi connectivity index (χ2n) is 5.46. The first-order valence-electron chi connectivity index (χ1n) is 7.04. The highest BCUT2D eigenvalue weighted by Gasteiger charge is 2.36. The molecule has 5 heteroatoms. The quantitative estimate of drug-likeness (QED) is 0.893. The average molecular weight is 294 g/mol. The molecule has 0 atom stereocenters. The van der Waals surface area contributed by atoms with Gasteiger partial charge in [-0.15, -0.1) is 0 Å². The lowest BCUT2D eigenvalue weighted by Gasteiger charge is -2.29. The molecule has 0 aromatic heterocycles. The number of anilines is 1. The summed E-state index contributed by atoms with van der Waals surface area (Å²) in [6.45, 7) is 0. The monoisotopic (exact) mass is 294 g/mol. The first-order chi connectivity index (χ1) is 9.71. The van der Waals surface area contributed by atoms with Crippen LogP contribution < -0.4 is 10.1 Å². The Bertz CT molecular complexity index is 527. The van der Waals surface area contributed by atoms with Crippen molar-refractivity contribution in [2.24, 2.45) is 4.99 Å². The van der Waals surface area contributed by atoms with Crippen molar-refractivity contribution < 1.29 is 9.13 Å². The van der Waals surface area contributed by atoms with Gasteiger partial charge in [-0.25, -0.2) is 4.39 Å². The average Bonchev–Trinajstić information content (AvgIpc) is 2.84. The number of amidine groups is 1. The number of rotatable bonds is 2. The lowest BCUT2D eigenvalue weighted by Crippen LogP contribution is -2.29. The van der Waals surface area contributed by atoms with Gasteiger partial charge in [0.05, 0.1) is 18.3 Å². The van der Waals surface area contributed by atoms with E-state index in [1.54, 1.807) is 24.9 Å². The number of methoxy groups -OCH3 is 1. The van der Waals surface area contributed by atoms with Crippen LogP contribution >= 0.6 is 11.8 Å². The predicted octanol–water partition coefficient (Wildman–Crippen LogP) is 4.05. The van der Waals surface area contributed by atoms with Gasteiger partial charge in [-0.2, -0.15) is 0 Å². The lowest BCUT2D eigenvalue weighted by atomic mass is 9.84. The van der Waals surface area contributed by atoms with Crippen molar-refractivity contribution in [1.29, 1.82) is 0 Å². The summed E-state index contributed by atoms with van der Waals surface area (Å²) in [6.07, 6.45) is 6.25. The van der Waals surface area contributed by atoms with E-state index in [0.717, 1.165) is 16.6 Å². The molecule has 1 aliphatic carbocycles. The van der Waals surface area contributed by atoms with Crippen LogP contribution in [0.5, 0.6) is 5.75 Å². The van der Waals surface area contributed by atoms with Gasteiger partial charge in [0.2, 0.25) is 0 Å². The Morgan fingerprint density at radius 1 is 1.30 bits per heavy atom. The topological polar surface area (TPSA) is 33.6 Å². The van der Waals surface area contributed by atoms with E-state index >= 15 is 0 Å². The van der Waals surface area contributed by atoms with Gasteiger partial charge in [-0.3, -0.25) is 4.99 Å². The smallest absolute Gasteiger partial charge is 0.161 e. The molecule has 0 unspecified atom stereocenters. The summed E-state index contributed by atoms with van der Waals surface area (Å²) in [5.74, 6) is 1.27. The molecule has 1 aromatic carbocycles. The molecule has 1 aliphatic heterocycles. The fourth-order valence-electron chi connectivity index (χ4n) is 2.90. The summed E-state index contributed by atoms with van der Waals surface area (Å²) < 4.78 is 18.4. The zero-order chi connectivity index (χ0) is 14.0. The van der Waals surface area contributed by atoms with Crippen LogP contribution in [0.15, 0.2) is 23.2 Å². The maximum absolute atomic E-state index is 13.2. The molecule has 1 spiro atoms. The number of nitrogens with one attached hydrogen (secondary N) is 1. The molecule has 0 radical (unpaired) electrons. The Hall–Kier alpha value is -1.23. The first kappa shape index (κ1) is 13.7. The zero-order valence-electron chi connectivity index (χ0n) is 11.6. The molecule has 0 saturated heterocycles. The van der Waals surface area contributed by atoms with Crippen LogP contribution in [0.1, 0.15) is 32.1 Å². The normalized spacial score (nSPS) is 20.8. The summed E-state index contributed by atoms with van der Waals surface area (Å²) in [5, 5.41) is 4.21. The maximum atomic E-state index is 13.2. The van der Waals surface area contributed by atoms with Crippen LogP contribution in [0.25, 0.3) is 0 Å². The SMILES string of the molecule is COc1cc(F)ccc1NC1=NC2(CCCCC2)CS1. The van der Waals surface area contributed by atoms with Gasteiger partial charge in [0.1, 0.15) is 11.6 Å². The van der Waals surface area contributed by atoms with Gasteiger partial charge in [-0.1, -0.05) is 31.0 Å². The fourth-order valence-corrected chi connectivity index (χ4v) is 4.10. The highest BCUT2D eigenvalue weighted by atomic mass is 32.2. The minimum Gasteiger partial charge on any atom is -0.494 e. The molecule has 20 heavy (non-hydrogen) atoms. The standard InChI is InChI=1S/C15H19FN2OS/c1-19-13-9-11(16)5-6-12(13)17-14-18-15(10-20-14)7-3-2-4-8-15/h5-6,9H,2-4,7-8,10H2,1H3,(H,17,18). The molecule has 2 aliphatic rings. The summed E-state index contributed by atoms with van der Waals surface area (Å²) >= 11 is 1.76. The Morgan fingerprint density at radius 2 is 2.10 bits per heavy atom. The number of ether oxygens (including phenoxy) is 1. The number of hydrogen-bond donors (Lipinski definition) is 1. The molecule has 3 nitrogen and oxygen atoms in total. The molecule has 1 fully saturated rings. The summed E-state index contributed by atoms with van der Waals surface area (Å²) in [4.78, 5) is 4.89. The molecule has 0 amide bonds. The second-order valence-corrected chi connectivity index (χ2v) is 6.42. The predicted molar refractivity (Wildman–Crippen MR) is 82.3 cm³/mol.